The van der Waals surface area contributed by atoms with Crippen molar-refractivity contribution in [1.29, 1.82) is 0 Å². The van der Waals surface area contributed by atoms with Gasteiger partial charge in [0.05, 0.1) is 24.8 Å². The Morgan fingerprint density at radius 2 is 2.31 bits per heavy atom. The number of aromatic nitrogens is 1. The van der Waals surface area contributed by atoms with Crippen molar-refractivity contribution in [2.45, 2.75) is 12.8 Å². The van der Waals surface area contributed by atoms with E-state index in [1.54, 1.807) is 22.6 Å². The van der Waals surface area contributed by atoms with Gasteiger partial charge in [0.1, 0.15) is 4.60 Å². The van der Waals surface area contributed by atoms with Crippen molar-refractivity contribution in [1.82, 2.24) is 4.98 Å². The Hall–Kier alpha value is -0.310. The van der Waals surface area contributed by atoms with Gasteiger partial charge in [0, 0.05) is 3.57 Å². The lowest BCUT2D eigenvalue weighted by Gasteiger charge is -2.09. The van der Waals surface area contributed by atoms with E-state index in [0.29, 0.717) is 8.17 Å². The summed E-state index contributed by atoms with van der Waals surface area (Å²) in [5.74, 6) is -0.594. The van der Waals surface area contributed by atoms with Crippen LogP contribution in [-0.4, -0.2) is 18.1 Å². The molecule has 0 aliphatic carbocycles. The summed E-state index contributed by atoms with van der Waals surface area (Å²) in [4.78, 5) is 14.9. The molecule has 7 heteroatoms. The number of alkyl halides is 2. The minimum absolute atomic E-state index is 0.0422. The number of hydrogen-bond donors (Lipinski definition) is 0. The van der Waals surface area contributed by atoms with Crippen LogP contribution in [0.15, 0.2) is 10.7 Å². The molecular formula is C9H7BrF2INO2. The standard InChI is InChI=1S/C9H7BrF2INO2/c1-16-7(15)3-5-8(9(11)12)4(13)2-6(10)14-5/h2,9H,3H2,1H3. The molecule has 0 N–H and O–H groups in total. The molecule has 16 heavy (non-hydrogen) atoms. The van der Waals surface area contributed by atoms with E-state index in [-0.39, 0.29) is 17.7 Å². The average Bonchev–Trinajstić information content (AvgIpc) is 2.15. The van der Waals surface area contributed by atoms with Crippen molar-refractivity contribution in [3.8, 4) is 0 Å². The van der Waals surface area contributed by atoms with Crippen LogP contribution >= 0.6 is 38.5 Å². The van der Waals surface area contributed by atoms with Gasteiger partial charge in [-0.2, -0.15) is 0 Å². The van der Waals surface area contributed by atoms with Gasteiger partial charge in [-0.1, -0.05) is 0 Å². The minimum atomic E-state index is -2.66. The summed E-state index contributed by atoms with van der Waals surface area (Å²) >= 11 is 4.88. The summed E-state index contributed by atoms with van der Waals surface area (Å²) in [7, 11) is 1.20. The number of methoxy groups -OCH3 is 1. The van der Waals surface area contributed by atoms with Crippen molar-refractivity contribution in [3.05, 3.63) is 25.5 Å². The molecule has 0 saturated heterocycles. The summed E-state index contributed by atoms with van der Waals surface area (Å²) in [5.41, 5.74) is -0.171. The Balaban J connectivity index is 3.18. The molecule has 0 spiro atoms. The van der Waals surface area contributed by atoms with E-state index < -0.39 is 12.4 Å². The molecule has 1 heterocycles. The zero-order chi connectivity index (χ0) is 12.3. The van der Waals surface area contributed by atoms with Crippen LogP contribution in [0.3, 0.4) is 0 Å². The van der Waals surface area contributed by atoms with Crippen LogP contribution in [0.25, 0.3) is 0 Å². The fraction of sp³-hybridized carbons (Fsp3) is 0.333. The monoisotopic (exact) mass is 405 g/mol. The van der Waals surface area contributed by atoms with Crippen LogP contribution in [0, 0.1) is 3.57 Å². The Morgan fingerprint density at radius 3 is 2.81 bits per heavy atom. The molecule has 0 amide bonds. The highest BCUT2D eigenvalue weighted by molar-refractivity contribution is 14.1. The highest BCUT2D eigenvalue weighted by atomic mass is 127. The molecule has 0 atom stereocenters. The maximum atomic E-state index is 12.8. The normalized spacial score (nSPS) is 10.6. The molecule has 1 rings (SSSR count). The number of esters is 1. The Morgan fingerprint density at radius 1 is 1.69 bits per heavy atom. The van der Waals surface area contributed by atoms with Gasteiger partial charge in [-0.25, -0.2) is 13.8 Å². The molecule has 0 aromatic carbocycles. The molecule has 0 radical (unpaired) electrons. The Kier molecular flexibility index (Phi) is 5.03. The van der Waals surface area contributed by atoms with Crippen LogP contribution in [0.2, 0.25) is 0 Å². The highest BCUT2D eigenvalue weighted by Crippen LogP contribution is 2.29. The lowest BCUT2D eigenvalue weighted by molar-refractivity contribution is -0.139. The van der Waals surface area contributed by atoms with E-state index in [1.807, 2.05) is 0 Å². The third kappa shape index (κ3) is 3.34. The number of halogens is 4. The fourth-order valence-corrected chi connectivity index (χ4v) is 2.83. The van der Waals surface area contributed by atoms with Gasteiger partial charge in [0.15, 0.2) is 0 Å². The number of ether oxygens (including phenoxy) is 1. The summed E-state index contributed by atoms with van der Waals surface area (Å²) in [6.45, 7) is 0. The molecule has 3 nitrogen and oxygen atoms in total. The number of carbonyl (C=O) groups excluding carboxylic acids is 1. The van der Waals surface area contributed by atoms with E-state index in [9.17, 15) is 13.6 Å². The minimum Gasteiger partial charge on any atom is -0.469 e. The van der Waals surface area contributed by atoms with Crippen LogP contribution in [0.5, 0.6) is 0 Å². The van der Waals surface area contributed by atoms with Crippen LogP contribution in [0.1, 0.15) is 17.7 Å². The van der Waals surface area contributed by atoms with Gasteiger partial charge >= 0.3 is 5.97 Å². The molecule has 0 unspecified atom stereocenters. The molecule has 0 bridgehead atoms. The van der Waals surface area contributed by atoms with Crippen molar-refractivity contribution in [3.63, 3.8) is 0 Å². The fourth-order valence-electron chi connectivity index (χ4n) is 1.12. The van der Waals surface area contributed by atoms with Gasteiger partial charge in [-0.05, 0) is 44.6 Å². The first-order valence-corrected chi connectivity index (χ1v) is 6.02. The first kappa shape index (κ1) is 13.8. The van der Waals surface area contributed by atoms with E-state index in [2.05, 4.69) is 25.7 Å². The highest BCUT2D eigenvalue weighted by Gasteiger charge is 2.21. The predicted octanol–water partition coefficient (Wildman–Crippen LogP) is 3.10. The van der Waals surface area contributed by atoms with Crippen molar-refractivity contribution >= 4 is 44.5 Å². The van der Waals surface area contributed by atoms with Gasteiger partial charge in [0.2, 0.25) is 0 Å². The second-order valence-corrected chi connectivity index (χ2v) is 4.82. The van der Waals surface area contributed by atoms with Gasteiger partial charge < -0.3 is 4.74 Å². The second-order valence-electron chi connectivity index (χ2n) is 2.84. The maximum absolute atomic E-state index is 12.8. The first-order chi connectivity index (χ1) is 7.45. The Labute approximate surface area is 113 Å². The van der Waals surface area contributed by atoms with E-state index >= 15 is 0 Å². The van der Waals surface area contributed by atoms with Crippen molar-refractivity contribution in [2.24, 2.45) is 0 Å². The zero-order valence-electron chi connectivity index (χ0n) is 8.14. The average molecular weight is 406 g/mol. The van der Waals surface area contributed by atoms with Gasteiger partial charge in [-0.3, -0.25) is 4.79 Å². The summed E-state index contributed by atoms with van der Waals surface area (Å²) < 4.78 is 30.7. The van der Waals surface area contributed by atoms with Gasteiger partial charge in [0.25, 0.3) is 6.43 Å². The quantitative estimate of drug-likeness (QED) is 0.440. The van der Waals surface area contributed by atoms with Crippen molar-refractivity contribution < 1.29 is 18.3 Å². The van der Waals surface area contributed by atoms with Crippen LogP contribution < -0.4 is 0 Å². The van der Waals surface area contributed by atoms with E-state index in [1.165, 1.54) is 13.2 Å². The van der Waals surface area contributed by atoms with Crippen molar-refractivity contribution in [2.75, 3.05) is 7.11 Å². The van der Waals surface area contributed by atoms with E-state index in [4.69, 9.17) is 0 Å². The third-order valence-corrected chi connectivity index (χ3v) is 3.11. The molecule has 0 saturated carbocycles. The molecule has 0 fully saturated rings. The third-order valence-electron chi connectivity index (χ3n) is 1.81. The molecule has 0 aliphatic heterocycles. The summed E-state index contributed by atoms with van der Waals surface area (Å²) in [5, 5.41) is 0. The van der Waals surface area contributed by atoms with E-state index in [0.717, 1.165) is 0 Å². The number of carbonyl (C=O) groups is 1. The lowest BCUT2D eigenvalue weighted by Crippen LogP contribution is -2.10. The SMILES string of the molecule is COC(=O)Cc1nc(Br)cc(I)c1C(F)F. The maximum Gasteiger partial charge on any atom is 0.311 e. The lowest BCUT2D eigenvalue weighted by atomic mass is 10.1. The molecule has 0 aliphatic rings. The summed E-state index contributed by atoms with van der Waals surface area (Å²) in [6.07, 6.45) is -2.92. The first-order valence-electron chi connectivity index (χ1n) is 4.15. The van der Waals surface area contributed by atoms with Crippen LogP contribution in [-0.2, 0) is 16.0 Å². The largest absolute Gasteiger partial charge is 0.469 e. The zero-order valence-corrected chi connectivity index (χ0v) is 11.9. The summed E-state index contributed by atoms with van der Waals surface area (Å²) in [6, 6.07) is 1.48. The molecule has 1 aromatic heterocycles. The van der Waals surface area contributed by atoms with Gasteiger partial charge in [-0.15, -0.1) is 0 Å². The van der Waals surface area contributed by atoms with Crippen LogP contribution in [0.4, 0.5) is 8.78 Å². The number of nitrogens with zero attached hydrogens (tertiary/aromatic N) is 1. The number of rotatable bonds is 3. The Bertz CT molecular complexity index is 415. The smallest absolute Gasteiger partial charge is 0.311 e. The second kappa shape index (κ2) is 5.85. The molecule has 1 aromatic rings. The predicted molar refractivity (Wildman–Crippen MR) is 65.3 cm³/mol. The number of hydrogen-bond acceptors (Lipinski definition) is 3. The molecular weight excluding hydrogens is 399 g/mol. The number of pyridine rings is 1. The molecule has 88 valence electrons. The topological polar surface area (TPSA) is 39.2 Å².